The molecule has 3 heterocycles. The van der Waals surface area contributed by atoms with E-state index in [9.17, 15) is 9.59 Å². The zero-order valence-electron chi connectivity index (χ0n) is 15.3. The van der Waals surface area contributed by atoms with Crippen molar-refractivity contribution < 1.29 is 9.59 Å². The Morgan fingerprint density at radius 1 is 1.35 bits per heavy atom. The highest BCUT2D eigenvalue weighted by Gasteiger charge is 2.29. The maximum Gasteiger partial charge on any atom is 0.277 e. The first-order valence-electron chi connectivity index (χ1n) is 8.47. The summed E-state index contributed by atoms with van der Waals surface area (Å²) in [7, 11) is 0. The van der Waals surface area contributed by atoms with Crippen molar-refractivity contribution >= 4 is 17.6 Å². The number of rotatable bonds is 3. The van der Waals surface area contributed by atoms with Gasteiger partial charge in [-0.2, -0.15) is 5.10 Å². The van der Waals surface area contributed by atoms with Crippen molar-refractivity contribution in [2.45, 2.75) is 51.9 Å². The summed E-state index contributed by atoms with van der Waals surface area (Å²) in [5, 5.41) is 13.5. The maximum absolute atomic E-state index is 12.5. The van der Waals surface area contributed by atoms with Crippen molar-refractivity contribution in [2.75, 3.05) is 5.32 Å². The molecule has 138 valence electrons. The summed E-state index contributed by atoms with van der Waals surface area (Å²) in [5.41, 5.74) is 0.773. The molecule has 0 aromatic carbocycles. The Kier molecular flexibility index (Phi) is 4.73. The van der Waals surface area contributed by atoms with Crippen LogP contribution in [0, 0.1) is 0 Å². The average Bonchev–Trinajstić information content (AvgIpc) is 2.99. The predicted molar refractivity (Wildman–Crippen MR) is 95.3 cm³/mol. The minimum atomic E-state index is -0.542. The van der Waals surface area contributed by atoms with Crippen LogP contribution in [-0.2, 0) is 10.2 Å². The number of carbonyl (C=O) groups excluding carboxylic acids is 2. The Morgan fingerprint density at radius 3 is 2.73 bits per heavy atom. The van der Waals surface area contributed by atoms with Crippen LogP contribution in [0.25, 0.3) is 0 Å². The van der Waals surface area contributed by atoms with E-state index in [4.69, 9.17) is 0 Å². The van der Waals surface area contributed by atoms with Crippen molar-refractivity contribution in [1.29, 1.82) is 0 Å². The van der Waals surface area contributed by atoms with E-state index < -0.39 is 12.2 Å². The molecule has 9 heteroatoms. The monoisotopic (exact) mass is 357 g/mol. The van der Waals surface area contributed by atoms with Gasteiger partial charge in [-0.25, -0.2) is 9.67 Å². The number of nitrogens with one attached hydrogen (secondary N) is 3. The number of aromatic nitrogens is 4. The van der Waals surface area contributed by atoms with E-state index in [0.29, 0.717) is 12.2 Å². The molecule has 2 amide bonds. The fourth-order valence-electron chi connectivity index (χ4n) is 2.64. The summed E-state index contributed by atoms with van der Waals surface area (Å²) in [6.45, 7) is 8.02. The van der Waals surface area contributed by atoms with Gasteiger partial charge in [0.15, 0.2) is 6.29 Å². The van der Waals surface area contributed by atoms with Crippen LogP contribution < -0.4 is 16.0 Å². The summed E-state index contributed by atoms with van der Waals surface area (Å²) in [5.74, 6) is 0.00707. The SMILES string of the molecule is CC1CC(=O)NC(n2nc(C(C)(C)C)cc2NC(=O)c2cnccn2)N1. The lowest BCUT2D eigenvalue weighted by molar-refractivity contribution is -0.125. The summed E-state index contributed by atoms with van der Waals surface area (Å²) >= 11 is 0. The van der Waals surface area contributed by atoms with E-state index in [-0.39, 0.29) is 23.1 Å². The quantitative estimate of drug-likeness (QED) is 0.760. The Hall–Kier alpha value is -2.81. The Labute approximate surface area is 151 Å². The number of amides is 2. The molecule has 1 fully saturated rings. The summed E-state index contributed by atoms with van der Waals surface area (Å²) in [6, 6.07) is 1.81. The van der Waals surface area contributed by atoms with Crippen LogP contribution in [-0.4, -0.2) is 37.6 Å². The minimum Gasteiger partial charge on any atom is -0.322 e. The zero-order valence-corrected chi connectivity index (χ0v) is 15.3. The molecule has 2 atom stereocenters. The molecule has 1 saturated heterocycles. The van der Waals surface area contributed by atoms with Gasteiger partial charge in [0.25, 0.3) is 5.91 Å². The van der Waals surface area contributed by atoms with Crippen molar-refractivity contribution in [3.8, 4) is 0 Å². The highest BCUT2D eigenvalue weighted by molar-refractivity contribution is 6.02. The minimum absolute atomic E-state index is 0.000390. The number of hydrogen-bond donors (Lipinski definition) is 3. The third-order valence-corrected chi connectivity index (χ3v) is 4.02. The molecule has 1 aliphatic heterocycles. The molecule has 2 aromatic heterocycles. The number of nitrogens with zero attached hydrogens (tertiary/aromatic N) is 4. The van der Waals surface area contributed by atoms with Gasteiger partial charge >= 0.3 is 0 Å². The number of carbonyl (C=O) groups is 2. The molecule has 3 N–H and O–H groups in total. The van der Waals surface area contributed by atoms with E-state index in [0.717, 1.165) is 5.69 Å². The van der Waals surface area contributed by atoms with Crippen LogP contribution >= 0.6 is 0 Å². The van der Waals surface area contributed by atoms with E-state index >= 15 is 0 Å². The topological polar surface area (TPSA) is 114 Å². The summed E-state index contributed by atoms with van der Waals surface area (Å²) in [4.78, 5) is 32.3. The molecule has 3 rings (SSSR count). The second kappa shape index (κ2) is 6.83. The second-order valence-electron chi connectivity index (χ2n) is 7.40. The lowest BCUT2D eigenvalue weighted by Crippen LogP contribution is -2.52. The molecular formula is C17H23N7O2. The van der Waals surface area contributed by atoms with Crippen LogP contribution in [0.4, 0.5) is 5.82 Å². The van der Waals surface area contributed by atoms with Crippen LogP contribution in [0.5, 0.6) is 0 Å². The lowest BCUT2D eigenvalue weighted by Gasteiger charge is -2.30. The fourth-order valence-corrected chi connectivity index (χ4v) is 2.64. The van der Waals surface area contributed by atoms with Crippen LogP contribution in [0.15, 0.2) is 24.7 Å². The van der Waals surface area contributed by atoms with Gasteiger partial charge in [-0.1, -0.05) is 20.8 Å². The van der Waals surface area contributed by atoms with Crippen molar-refractivity contribution in [1.82, 2.24) is 30.4 Å². The van der Waals surface area contributed by atoms with Crippen molar-refractivity contribution in [3.05, 3.63) is 36.0 Å². The Balaban J connectivity index is 1.93. The van der Waals surface area contributed by atoms with Gasteiger partial charge < -0.3 is 10.6 Å². The first kappa shape index (κ1) is 18.0. The standard InChI is InChI=1S/C17H23N7O2/c1-10-7-14(25)22-16(20-10)24-13(8-12(23-24)17(2,3)4)21-15(26)11-9-18-5-6-19-11/h5-6,8-10,16,20H,7H2,1-4H3,(H,21,26)(H,22,25). The average molecular weight is 357 g/mol. The Bertz CT molecular complexity index is 810. The first-order valence-corrected chi connectivity index (χ1v) is 8.47. The van der Waals surface area contributed by atoms with E-state index in [1.807, 2.05) is 27.7 Å². The number of anilines is 1. The predicted octanol–water partition coefficient (Wildman–Crippen LogP) is 1.18. The Morgan fingerprint density at radius 2 is 2.12 bits per heavy atom. The molecule has 1 aliphatic rings. The van der Waals surface area contributed by atoms with E-state index in [1.54, 1.807) is 10.7 Å². The smallest absolute Gasteiger partial charge is 0.277 e. The van der Waals surface area contributed by atoms with Gasteiger partial charge in [-0.3, -0.25) is 19.9 Å². The molecular weight excluding hydrogens is 334 g/mol. The first-order chi connectivity index (χ1) is 12.2. The molecule has 0 aliphatic carbocycles. The molecule has 2 unspecified atom stereocenters. The molecule has 0 radical (unpaired) electrons. The third kappa shape index (κ3) is 3.88. The second-order valence-corrected chi connectivity index (χ2v) is 7.40. The van der Waals surface area contributed by atoms with Gasteiger partial charge in [0.1, 0.15) is 11.5 Å². The van der Waals surface area contributed by atoms with E-state index in [2.05, 4.69) is 31.0 Å². The largest absolute Gasteiger partial charge is 0.322 e. The zero-order chi connectivity index (χ0) is 18.9. The molecule has 0 saturated carbocycles. The third-order valence-electron chi connectivity index (χ3n) is 4.02. The lowest BCUT2D eigenvalue weighted by atomic mass is 9.92. The van der Waals surface area contributed by atoms with Gasteiger partial charge in [-0.15, -0.1) is 0 Å². The molecule has 0 bridgehead atoms. The summed E-state index contributed by atoms with van der Waals surface area (Å²) in [6.07, 6.45) is 4.20. The number of hydrogen-bond acceptors (Lipinski definition) is 6. The van der Waals surface area contributed by atoms with Crippen LogP contribution in [0.3, 0.4) is 0 Å². The molecule has 0 spiro atoms. The summed E-state index contributed by atoms with van der Waals surface area (Å²) < 4.78 is 1.59. The van der Waals surface area contributed by atoms with Crippen molar-refractivity contribution in [3.63, 3.8) is 0 Å². The highest BCUT2D eigenvalue weighted by Crippen LogP contribution is 2.26. The molecule has 2 aromatic rings. The van der Waals surface area contributed by atoms with Gasteiger partial charge in [-0.05, 0) is 6.92 Å². The normalized spacial score (nSPS) is 20.5. The molecule has 9 nitrogen and oxygen atoms in total. The highest BCUT2D eigenvalue weighted by atomic mass is 16.2. The maximum atomic E-state index is 12.5. The van der Waals surface area contributed by atoms with Crippen molar-refractivity contribution in [2.24, 2.45) is 0 Å². The van der Waals surface area contributed by atoms with Gasteiger partial charge in [0.2, 0.25) is 5.91 Å². The van der Waals surface area contributed by atoms with E-state index in [1.165, 1.54) is 18.6 Å². The van der Waals surface area contributed by atoms with Crippen LogP contribution in [0.2, 0.25) is 0 Å². The fraction of sp³-hybridized carbons (Fsp3) is 0.471. The van der Waals surface area contributed by atoms with Gasteiger partial charge in [0.05, 0.1) is 11.9 Å². The molecule has 26 heavy (non-hydrogen) atoms. The van der Waals surface area contributed by atoms with Gasteiger partial charge in [0, 0.05) is 36.3 Å². The van der Waals surface area contributed by atoms with Crippen LogP contribution in [0.1, 0.15) is 56.6 Å².